The highest BCUT2D eigenvalue weighted by Crippen LogP contribution is 2.36. The average Bonchev–Trinajstić information content (AvgIpc) is 3.10. The number of fused-ring (bicyclic) bond motifs is 2. The summed E-state index contributed by atoms with van der Waals surface area (Å²) < 4.78 is 38.2. The van der Waals surface area contributed by atoms with Gasteiger partial charge in [-0.05, 0) is 42.3 Å². The Morgan fingerprint density at radius 2 is 1.93 bits per heavy atom. The Morgan fingerprint density at radius 1 is 1.14 bits per heavy atom. The molecule has 0 N–H and O–H groups in total. The Balaban J connectivity index is 1.62. The van der Waals surface area contributed by atoms with E-state index in [1.165, 1.54) is 4.31 Å². The summed E-state index contributed by atoms with van der Waals surface area (Å²) in [5.41, 5.74) is 4.09. The predicted molar refractivity (Wildman–Crippen MR) is 113 cm³/mol. The first kappa shape index (κ1) is 20.5. The Bertz CT molecular complexity index is 1020. The van der Waals surface area contributed by atoms with Gasteiger partial charge in [-0.2, -0.15) is 4.31 Å². The van der Waals surface area contributed by atoms with Crippen molar-refractivity contribution in [3.05, 3.63) is 52.0 Å². The summed E-state index contributed by atoms with van der Waals surface area (Å²) in [4.78, 5) is 2.61. The van der Waals surface area contributed by atoms with Gasteiger partial charge < -0.3 is 14.4 Å². The molecule has 2 aliphatic heterocycles. The molecule has 0 fully saturated rings. The molecule has 0 radical (unpaired) electrons. The van der Waals surface area contributed by atoms with Gasteiger partial charge in [0, 0.05) is 48.0 Å². The molecule has 2 aliphatic rings. The highest BCUT2D eigenvalue weighted by atomic mass is 35.5. The maximum atomic E-state index is 12.8. The molecule has 156 valence electrons. The second-order valence-corrected chi connectivity index (χ2v) is 9.59. The second kappa shape index (κ2) is 8.14. The Hall–Kier alpha value is -1.80. The molecule has 2 aromatic carbocycles. The van der Waals surface area contributed by atoms with Crippen LogP contribution in [0.1, 0.15) is 30.5 Å². The van der Waals surface area contributed by atoms with Crippen molar-refractivity contribution in [1.82, 2.24) is 4.31 Å². The number of anilines is 1. The fraction of sp³-hybridized carbons (Fsp3) is 0.429. The highest BCUT2D eigenvalue weighted by Gasteiger charge is 2.27. The van der Waals surface area contributed by atoms with Crippen molar-refractivity contribution in [3.8, 4) is 5.75 Å². The molecule has 29 heavy (non-hydrogen) atoms. The summed E-state index contributed by atoms with van der Waals surface area (Å²) in [6, 6.07) is 9.26. The summed E-state index contributed by atoms with van der Waals surface area (Å²) in [7, 11) is -3.45. The van der Waals surface area contributed by atoms with Gasteiger partial charge in [-0.25, -0.2) is 8.42 Å². The molecule has 0 saturated heterocycles. The summed E-state index contributed by atoms with van der Waals surface area (Å²) >= 11 is 6.29. The van der Waals surface area contributed by atoms with E-state index < -0.39 is 10.0 Å². The van der Waals surface area contributed by atoms with Crippen LogP contribution in [0.2, 0.25) is 5.02 Å². The predicted octanol–water partition coefficient (Wildman–Crippen LogP) is 3.80. The van der Waals surface area contributed by atoms with Crippen LogP contribution in [0.25, 0.3) is 0 Å². The van der Waals surface area contributed by atoms with Gasteiger partial charge in [-0.3, -0.25) is 0 Å². The molecule has 0 unspecified atom stereocenters. The number of nitrogens with zero attached hydrogens (tertiary/aromatic N) is 2. The molecule has 0 aromatic heterocycles. The lowest BCUT2D eigenvalue weighted by Gasteiger charge is -2.25. The average molecular weight is 437 g/mol. The minimum atomic E-state index is -3.45. The van der Waals surface area contributed by atoms with Crippen molar-refractivity contribution < 1.29 is 17.9 Å². The van der Waals surface area contributed by atoms with Crippen molar-refractivity contribution in [2.45, 2.75) is 38.3 Å². The number of ether oxygens (including phenoxy) is 2. The van der Waals surface area contributed by atoms with Crippen LogP contribution >= 0.6 is 11.6 Å². The monoisotopic (exact) mass is 436 g/mol. The first-order valence-corrected chi connectivity index (χ1v) is 11.7. The lowest BCUT2D eigenvalue weighted by atomic mass is 10.1. The van der Waals surface area contributed by atoms with Crippen LogP contribution in [0, 0.1) is 0 Å². The van der Waals surface area contributed by atoms with Gasteiger partial charge >= 0.3 is 0 Å². The standard InChI is InChI=1S/C21H25ClN2O4S/c1-3-24(4-2)29(25,26)19-5-6-20-15(11-19)7-8-23(20)12-16-9-18(22)10-17-13-27-14-28-21(16)17/h5-6,9-11H,3-4,7-8,12-14H2,1-2H3. The molecule has 4 rings (SSSR count). The topological polar surface area (TPSA) is 59.1 Å². The molecule has 0 spiro atoms. The summed E-state index contributed by atoms with van der Waals surface area (Å²) in [6.07, 6.45) is 0.809. The molecule has 2 heterocycles. The van der Waals surface area contributed by atoms with E-state index in [-0.39, 0.29) is 6.79 Å². The van der Waals surface area contributed by atoms with Gasteiger partial charge in [0.05, 0.1) is 11.5 Å². The summed E-state index contributed by atoms with van der Waals surface area (Å²) in [5.74, 6) is 0.842. The maximum Gasteiger partial charge on any atom is 0.243 e. The molecule has 0 atom stereocenters. The molecule has 0 saturated carbocycles. The largest absolute Gasteiger partial charge is 0.467 e. The van der Waals surface area contributed by atoms with Gasteiger partial charge in [0.15, 0.2) is 6.79 Å². The lowest BCUT2D eigenvalue weighted by molar-refractivity contribution is -0.0170. The first-order valence-electron chi connectivity index (χ1n) is 9.84. The first-order chi connectivity index (χ1) is 13.9. The number of hydrogen-bond donors (Lipinski definition) is 0. The van der Waals surface area contributed by atoms with E-state index in [1.54, 1.807) is 6.07 Å². The zero-order valence-electron chi connectivity index (χ0n) is 16.7. The molecule has 0 bridgehead atoms. The zero-order valence-corrected chi connectivity index (χ0v) is 18.2. The fourth-order valence-electron chi connectivity index (χ4n) is 4.06. The van der Waals surface area contributed by atoms with Crippen LogP contribution in [-0.4, -0.2) is 39.2 Å². The summed E-state index contributed by atoms with van der Waals surface area (Å²) in [5, 5.41) is 0.660. The minimum Gasteiger partial charge on any atom is -0.467 e. The van der Waals surface area contributed by atoms with Crippen molar-refractivity contribution >= 4 is 27.3 Å². The van der Waals surface area contributed by atoms with Crippen LogP contribution in [0.4, 0.5) is 5.69 Å². The minimum absolute atomic E-state index is 0.241. The molecule has 0 aliphatic carbocycles. The molecule has 8 heteroatoms. The molecule has 6 nitrogen and oxygen atoms in total. The fourth-order valence-corrected chi connectivity index (χ4v) is 5.84. The third-order valence-corrected chi connectivity index (χ3v) is 7.76. The Labute approximate surface area is 177 Å². The zero-order chi connectivity index (χ0) is 20.6. The van der Waals surface area contributed by atoms with Crippen LogP contribution in [0.5, 0.6) is 5.75 Å². The van der Waals surface area contributed by atoms with E-state index >= 15 is 0 Å². The molecule has 2 aromatic rings. The van der Waals surface area contributed by atoms with E-state index in [9.17, 15) is 8.42 Å². The van der Waals surface area contributed by atoms with Crippen LogP contribution in [0.15, 0.2) is 35.2 Å². The number of benzene rings is 2. The van der Waals surface area contributed by atoms with E-state index in [0.717, 1.165) is 41.1 Å². The SMILES string of the molecule is CCN(CC)S(=O)(=O)c1ccc2c(c1)CCN2Cc1cc(Cl)cc2c1OCOC2. The lowest BCUT2D eigenvalue weighted by Crippen LogP contribution is -2.30. The Kier molecular flexibility index (Phi) is 5.75. The smallest absolute Gasteiger partial charge is 0.243 e. The quantitative estimate of drug-likeness (QED) is 0.689. The van der Waals surface area contributed by atoms with Crippen molar-refractivity contribution in [2.75, 3.05) is 31.3 Å². The van der Waals surface area contributed by atoms with E-state index in [0.29, 0.717) is 36.2 Å². The van der Waals surface area contributed by atoms with E-state index in [2.05, 4.69) is 4.90 Å². The van der Waals surface area contributed by atoms with E-state index in [4.69, 9.17) is 21.1 Å². The number of hydrogen-bond acceptors (Lipinski definition) is 5. The van der Waals surface area contributed by atoms with Gasteiger partial charge in [0.2, 0.25) is 10.0 Å². The summed E-state index contributed by atoms with van der Waals surface area (Å²) in [6.45, 7) is 6.85. The maximum absolute atomic E-state index is 12.8. The molecular weight excluding hydrogens is 412 g/mol. The van der Waals surface area contributed by atoms with Crippen molar-refractivity contribution in [1.29, 1.82) is 0 Å². The van der Waals surface area contributed by atoms with Crippen LogP contribution < -0.4 is 9.64 Å². The molecule has 0 amide bonds. The number of sulfonamides is 1. The van der Waals surface area contributed by atoms with Gasteiger partial charge in [0.25, 0.3) is 0 Å². The number of halogens is 1. The van der Waals surface area contributed by atoms with Crippen LogP contribution in [-0.2, 0) is 34.3 Å². The third-order valence-electron chi connectivity index (χ3n) is 5.50. The number of rotatable bonds is 6. The van der Waals surface area contributed by atoms with Crippen molar-refractivity contribution in [2.24, 2.45) is 0 Å². The third kappa shape index (κ3) is 3.84. The van der Waals surface area contributed by atoms with Gasteiger partial charge in [0.1, 0.15) is 5.75 Å². The molecular formula is C21H25ClN2O4S. The highest BCUT2D eigenvalue weighted by molar-refractivity contribution is 7.89. The van der Waals surface area contributed by atoms with Gasteiger partial charge in [-0.1, -0.05) is 25.4 Å². The van der Waals surface area contributed by atoms with Crippen molar-refractivity contribution in [3.63, 3.8) is 0 Å². The normalized spacial score (nSPS) is 15.9. The van der Waals surface area contributed by atoms with E-state index in [1.807, 2.05) is 38.1 Å². The Morgan fingerprint density at radius 3 is 2.69 bits per heavy atom. The second-order valence-electron chi connectivity index (χ2n) is 7.22. The van der Waals surface area contributed by atoms with Crippen LogP contribution in [0.3, 0.4) is 0 Å². The van der Waals surface area contributed by atoms with Gasteiger partial charge in [-0.15, -0.1) is 0 Å².